The monoisotopic (exact) mass is 304 g/mol. The fourth-order valence-electron chi connectivity index (χ4n) is 1.95. The number of para-hydroxylation sites is 1. The van der Waals surface area contributed by atoms with E-state index in [1.807, 2.05) is 30.5 Å². The second-order valence-corrected chi connectivity index (χ2v) is 5.62. The zero-order valence-electron chi connectivity index (χ0n) is 11.7. The number of nitrogens with zero attached hydrogens (tertiary/aromatic N) is 2. The lowest BCUT2D eigenvalue weighted by Gasteiger charge is -2.21. The highest BCUT2D eigenvalue weighted by atomic mass is 32.1. The highest BCUT2D eigenvalue weighted by molar-refractivity contribution is 7.09. The van der Waals surface area contributed by atoms with E-state index in [0.29, 0.717) is 5.69 Å². The standard InChI is InChI=1S/C15H16N2O3S/c1-11-16-12(10-21-11)9-14(18)17(8-7-15(19)20)13-5-3-2-4-6-13/h2-6,10H,7-9H2,1H3,(H,19,20). The van der Waals surface area contributed by atoms with Gasteiger partial charge in [0.15, 0.2) is 0 Å². The maximum Gasteiger partial charge on any atom is 0.305 e. The van der Waals surface area contributed by atoms with Gasteiger partial charge in [-0.15, -0.1) is 11.3 Å². The molecule has 2 aromatic rings. The quantitative estimate of drug-likeness (QED) is 0.890. The molecule has 1 aromatic carbocycles. The van der Waals surface area contributed by atoms with Crippen molar-refractivity contribution in [2.24, 2.45) is 0 Å². The third kappa shape index (κ3) is 4.39. The lowest BCUT2D eigenvalue weighted by atomic mass is 10.2. The Bertz CT molecular complexity index is 625. The molecular weight excluding hydrogens is 288 g/mol. The van der Waals surface area contributed by atoms with E-state index >= 15 is 0 Å². The number of aliphatic carboxylic acids is 1. The van der Waals surface area contributed by atoms with E-state index in [4.69, 9.17) is 5.11 Å². The highest BCUT2D eigenvalue weighted by Crippen LogP contribution is 2.16. The molecule has 0 spiro atoms. The average molecular weight is 304 g/mol. The Morgan fingerprint density at radius 3 is 2.57 bits per heavy atom. The van der Waals surface area contributed by atoms with Gasteiger partial charge < -0.3 is 10.0 Å². The van der Waals surface area contributed by atoms with Gasteiger partial charge >= 0.3 is 5.97 Å². The maximum absolute atomic E-state index is 12.4. The first-order valence-electron chi connectivity index (χ1n) is 6.54. The molecule has 0 unspecified atom stereocenters. The van der Waals surface area contributed by atoms with Crippen molar-refractivity contribution in [2.45, 2.75) is 19.8 Å². The molecule has 1 N–H and O–H groups in total. The fourth-order valence-corrected chi connectivity index (χ4v) is 2.57. The predicted octanol–water partition coefficient (Wildman–Crippen LogP) is 2.50. The molecule has 0 aliphatic rings. The summed E-state index contributed by atoms with van der Waals surface area (Å²) in [6.07, 6.45) is 0.0928. The van der Waals surface area contributed by atoms with Crippen molar-refractivity contribution in [3.05, 3.63) is 46.4 Å². The normalized spacial score (nSPS) is 10.3. The van der Waals surface area contributed by atoms with E-state index in [1.54, 1.807) is 12.1 Å². The molecule has 0 atom stereocenters. The molecule has 0 aliphatic carbocycles. The smallest absolute Gasteiger partial charge is 0.305 e. The summed E-state index contributed by atoms with van der Waals surface area (Å²) in [7, 11) is 0. The number of carboxylic acid groups (broad SMARTS) is 1. The molecule has 21 heavy (non-hydrogen) atoms. The Morgan fingerprint density at radius 1 is 1.29 bits per heavy atom. The van der Waals surface area contributed by atoms with Crippen molar-refractivity contribution in [1.82, 2.24) is 4.98 Å². The van der Waals surface area contributed by atoms with E-state index < -0.39 is 5.97 Å². The SMILES string of the molecule is Cc1nc(CC(=O)N(CCC(=O)O)c2ccccc2)cs1. The summed E-state index contributed by atoms with van der Waals surface area (Å²) in [5.74, 6) is -1.07. The molecule has 110 valence electrons. The molecule has 0 saturated carbocycles. The third-order valence-corrected chi connectivity index (χ3v) is 3.74. The van der Waals surface area contributed by atoms with Crippen LogP contribution in [0, 0.1) is 6.92 Å². The summed E-state index contributed by atoms with van der Waals surface area (Å²) in [6.45, 7) is 2.04. The van der Waals surface area contributed by atoms with E-state index in [9.17, 15) is 9.59 Å². The number of carbonyl (C=O) groups is 2. The van der Waals surface area contributed by atoms with E-state index in [-0.39, 0.29) is 25.3 Å². The lowest BCUT2D eigenvalue weighted by molar-refractivity contribution is -0.136. The van der Waals surface area contributed by atoms with Crippen LogP contribution >= 0.6 is 11.3 Å². The summed E-state index contributed by atoms with van der Waals surface area (Å²) in [5.41, 5.74) is 1.43. The van der Waals surface area contributed by atoms with Crippen LogP contribution in [0.1, 0.15) is 17.1 Å². The number of rotatable bonds is 6. The average Bonchev–Trinajstić information content (AvgIpc) is 2.85. The van der Waals surface area contributed by atoms with Gasteiger partial charge in [0.25, 0.3) is 0 Å². The molecule has 5 nitrogen and oxygen atoms in total. The largest absolute Gasteiger partial charge is 0.481 e. The summed E-state index contributed by atoms with van der Waals surface area (Å²) in [6, 6.07) is 9.10. The molecule has 6 heteroatoms. The Hall–Kier alpha value is -2.21. The van der Waals surface area contributed by atoms with E-state index in [1.165, 1.54) is 16.2 Å². The topological polar surface area (TPSA) is 70.5 Å². The molecular formula is C15H16N2O3S. The van der Waals surface area contributed by atoms with Gasteiger partial charge in [0, 0.05) is 17.6 Å². The second-order valence-electron chi connectivity index (χ2n) is 4.56. The van der Waals surface area contributed by atoms with Gasteiger partial charge in [0.05, 0.1) is 23.5 Å². The summed E-state index contributed by atoms with van der Waals surface area (Å²) in [4.78, 5) is 29.0. The van der Waals surface area contributed by atoms with Crippen molar-refractivity contribution >= 4 is 28.9 Å². The van der Waals surface area contributed by atoms with Gasteiger partial charge in [0.1, 0.15) is 0 Å². The lowest BCUT2D eigenvalue weighted by Crippen LogP contribution is -2.34. The zero-order valence-corrected chi connectivity index (χ0v) is 12.5. The van der Waals surface area contributed by atoms with Gasteiger partial charge in [-0.05, 0) is 19.1 Å². The third-order valence-electron chi connectivity index (χ3n) is 2.92. The summed E-state index contributed by atoms with van der Waals surface area (Å²) < 4.78 is 0. The number of carboxylic acids is 1. The first-order chi connectivity index (χ1) is 10.1. The van der Waals surface area contributed by atoms with E-state index in [2.05, 4.69) is 4.98 Å². The minimum absolute atomic E-state index is 0.0866. The molecule has 0 aliphatic heterocycles. The number of amides is 1. The molecule has 2 rings (SSSR count). The van der Waals surface area contributed by atoms with Crippen LogP contribution in [0.15, 0.2) is 35.7 Å². The van der Waals surface area contributed by atoms with Crippen LogP contribution in [0.5, 0.6) is 0 Å². The predicted molar refractivity (Wildman–Crippen MR) is 81.6 cm³/mol. The van der Waals surface area contributed by atoms with Crippen LogP contribution in [-0.4, -0.2) is 28.5 Å². The van der Waals surface area contributed by atoms with Crippen molar-refractivity contribution in [1.29, 1.82) is 0 Å². The Kier molecular flexibility index (Phi) is 5.05. The number of aromatic nitrogens is 1. The van der Waals surface area contributed by atoms with Gasteiger partial charge in [-0.3, -0.25) is 9.59 Å². The van der Waals surface area contributed by atoms with Gasteiger partial charge in [-0.25, -0.2) is 4.98 Å². The summed E-state index contributed by atoms with van der Waals surface area (Å²) >= 11 is 1.50. The summed E-state index contributed by atoms with van der Waals surface area (Å²) in [5, 5.41) is 11.6. The molecule has 1 amide bonds. The number of carbonyl (C=O) groups excluding carboxylic acids is 1. The van der Waals surface area contributed by atoms with E-state index in [0.717, 1.165) is 10.7 Å². The van der Waals surface area contributed by atoms with Crippen LogP contribution in [0.3, 0.4) is 0 Å². The van der Waals surface area contributed by atoms with Crippen molar-refractivity contribution in [3.63, 3.8) is 0 Å². The van der Waals surface area contributed by atoms with Crippen LogP contribution in [-0.2, 0) is 16.0 Å². The van der Waals surface area contributed by atoms with Crippen molar-refractivity contribution in [2.75, 3.05) is 11.4 Å². The minimum Gasteiger partial charge on any atom is -0.481 e. The van der Waals surface area contributed by atoms with Gasteiger partial charge in [-0.2, -0.15) is 0 Å². The Labute approximate surface area is 126 Å². The number of aryl methyl sites for hydroxylation is 1. The molecule has 0 radical (unpaired) electrons. The van der Waals surface area contributed by atoms with Gasteiger partial charge in [0.2, 0.25) is 5.91 Å². The Balaban J connectivity index is 2.14. The number of benzene rings is 1. The van der Waals surface area contributed by atoms with Crippen LogP contribution < -0.4 is 4.90 Å². The molecule has 1 aromatic heterocycles. The molecule has 0 saturated heterocycles. The van der Waals surface area contributed by atoms with Crippen LogP contribution in [0.25, 0.3) is 0 Å². The maximum atomic E-state index is 12.4. The highest BCUT2D eigenvalue weighted by Gasteiger charge is 2.18. The second kappa shape index (κ2) is 6.99. The van der Waals surface area contributed by atoms with Crippen molar-refractivity contribution in [3.8, 4) is 0 Å². The van der Waals surface area contributed by atoms with Crippen LogP contribution in [0.2, 0.25) is 0 Å². The first-order valence-corrected chi connectivity index (χ1v) is 7.42. The molecule has 0 fully saturated rings. The number of anilines is 1. The molecule has 1 heterocycles. The van der Waals surface area contributed by atoms with Gasteiger partial charge in [-0.1, -0.05) is 18.2 Å². The minimum atomic E-state index is -0.923. The molecule has 0 bridgehead atoms. The number of hydrogen-bond donors (Lipinski definition) is 1. The van der Waals surface area contributed by atoms with Crippen molar-refractivity contribution < 1.29 is 14.7 Å². The first kappa shape index (κ1) is 15.2. The van der Waals surface area contributed by atoms with Crippen LogP contribution in [0.4, 0.5) is 5.69 Å². The fraction of sp³-hybridized carbons (Fsp3) is 0.267. The number of thiazole rings is 1. The Morgan fingerprint density at radius 2 is 2.00 bits per heavy atom. The number of hydrogen-bond acceptors (Lipinski definition) is 4. The zero-order chi connectivity index (χ0) is 15.2.